The highest BCUT2D eigenvalue weighted by Gasteiger charge is 2.10. The summed E-state index contributed by atoms with van der Waals surface area (Å²) in [6.45, 7) is 9.36. The molecule has 1 aliphatic rings. The zero-order valence-electron chi connectivity index (χ0n) is 14.4. The van der Waals surface area contributed by atoms with Gasteiger partial charge in [-0.15, -0.1) is 6.58 Å². The van der Waals surface area contributed by atoms with Gasteiger partial charge >= 0.3 is 11.9 Å². The molecule has 0 atom stereocenters. The maximum atomic E-state index is 10.6. The van der Waals surface area contributed by atoms with E-state index in [4.69, 9.17) is 20.9 Å². The number of aryl methyl sites for hydroxylation is 1. The summed E-state index contributed by atoms with van der Waals surface area (Å²) in [6, 6.07) is 4.01. The summed E-state index contributed by atoms with van der Waals surface area (Å²) in [7, 11) is 1.41. The molecule has 0 amide bonds. The molecule has 0 unspecified atom stereocenters. The van der Waals surface area contributed by atoms with Crippen molar-refractivity contribution in [1.82, 2.24) is 10.6 Å². The zero-order chi connectivity index (χ0) is 20.2. The molecule has 4 N–H and O–H groups in total. The summed E-state index contributed by atoms with van der Waals surface area (Å²) < 4.78 is 19.9. The van der Waals surface area contributed by atoms with E-state index in [0.717, 1.165) is 32.2 Å². The van der Waals surface area contributed by atoms with Gasteiger partial charge in [0.1, 0.15) is 0 Å². The number of rotatable bonds is 4. The number of piperazine rings is 1. The van der Waals surface area contributed by atoms with Crippen molar-refractivity contribution < 1.29 is 28.2 Å². The molecule has 0 radical (unpaired) electrons. The molecule has 1 aliphatic heterocycles. The Morgan fingerprint density at radius 3 is 1.92 bits per heavy atom. The fraction of sp³-hybridized carbons (Fsp3) is 0.375. The van der Waals surface area contributed by atoms with Crippen LogP contribution < -0.4 is 10.6 Å². The Morgan fingerprint density at radius 2 is 1.65 bits per heavy atom. The van der Waals surface area contributed by atoms with Gasteiger partial charge in [-0.25, -0.2) is 18.0 Å². The van der Waals surface area contributed by atoms with Gasteiger partial charge < -0.3 is 20.8 Å². The number of halogens is 1. The minimum atomic E-state index is -3.32. The molecular weight excluding hydrogens is 384 g/mol. The van der Waals surface area contributed by atoms with Crippen molar-refractivity contribution in [3.63, 3.8) is 0 Å². The third kappa shape index (κ3) is 11.6. The number of aromatic carboxylic acids is 2. The van der Waals surface area contributed by atoms with Gasteiger partial charge in [-0.1, -0.05) is 12.1 Å². The number of carbonyl (C=O) groups is 2. The molecule has 2 rings (SSSR count). The summed E-state index contributed by atoms with van der Waals surface area (Å²) in [4.78, 5) is 21.1. The molecule has 1 aromatic rings. The topological polar surface area (TPSA) is 133 Å². The minimum Gasteiger partial charge on any atom is -0.478 e. The molecule has 0 saturated carbocycles. The highest BCUT2D eigenvalue weighted by molar-refractivity contribution is 8.13. The summed E-state index contributed by atoms with van der Waals surface area (Å²) in [5, 5.41) is 23.7. The molecule has 26 heavy (non-hydrogen) atoms. The van der Waals surface area contributed by atoms with Crippen LogP contribution in [0.3, 0.4) is 0 Å². The van der Waals surface area contributed by atoms with Crippen LogP contribution in [-0.2, 0) is 9.05 Å². The molecular formula is C16H23ClN2O6S. The monoisotopic (exact) mass is 406 g/mol. The van der Waals surface area contributed by atoms with Gasteiger partial charge in [-0.3, -0.25) is 0 Å². The van der Waals surface area contributed by atoms with Crippen LogP contribution in [-0.4, -0.2) is 62.5 Å². The molecule has 0 aliphatic carbocycles. The highest BCUT2D eigenvalue weighted by Crippen LogP contribution is 2.11. The molecule has 1 saturated heterocycles. The number of hydrogen-bond donors (Lipinski definition) is 4. The first-order chi connectivity index (χ1) is 12.1. The lowest BCUT2D eigenvalue weighted by Gasteiger charge is -2.11. The predicted molar refractivity (Wildman–Crippen MR) is 101 cm³/mol. The maximum Gasteiger partial charge on any atom is 0.335 e. The molecule has 0 spiro atoms. The number of carboxylic acid groups (broad SMARTS) is 2. The van der Waals surface area contributed by atoms with E-state index >= 15 is 0 Å². The van der Waals surface area contributed by atoms with Gasteiger partial charge in [-0.05, 0) is 24.6 Å². The highest BCUT2D eigenvalue weighted by atomic mass is 35.7. The molecule has 8 nitrogen and oxygen atoms in total. The Morgan fingerprint density at radius 1 is 1.15 bits per heavy atom. The molecule has 0 aromatic heterocycles. The summed E-state index contributed by atoms with van der Waals surface area (Å²) >= 11 is 0. The van der Waals surface area contributed by atoms with Gasteiger partial charge in [0.15, 0.2) is 0 Å². The minimum absolute atomic E-state index is 0.0111. The normalized spacial score (nSPS) is 13.3. The lowest BCUT2D eigenvalue weighted by molar-refractivity contribution is 0.0695. The van der Waals surface area contributed by atoms with Crippen LogP contribution in [0, 0.1) is 6.92 Å². The third-order valence-electron chi connectivity index (χ3n) is 2.99. The number of carboxylic acids is 2. The van der Waals surface area contributed by atoms with Gasteiger partial charge in [0, 0.05) is 36.9 Å². The van der Waals surface area contributed by atoms with Gasteiger partial charge in [0.05, 0.1) is 16.9 Å². The van der Waals surface area contributed by atoms with Crippen molar-refractivity contribution in [2.24, 2.45) is 0 Å². The van der Waals surface area contributed by atoms with E-state index in [1.807, 2.05) is 0 Å². The average Bonchev–Trinajstić information content (AvgIpc) is 2.56. The number of hydrogen-bond acceptors (Lipinski definition) is 6. The largest absolute Gasteiger partial charge is 0.478 e. The molecule has 0 bridgehead atoms. The van der Waals surface area contributed by atoms with Crippen LogP contribution in [0.2, 0.25) is 0 Å². The second-order valence-electron chi connectivity index (χ2n) is 5.13. The van der Waals surface area contributed by atoms with Crippen molar-refractivity contribution in [2.45, 2.75) is 6.92 Å². The first-order valence-electron chi connectivity index (χ1n) is 7.60. The summed E-state index contributed by atoms with van der Waals surface area (Å²) in [6.07, 6.45) is 1.24. The second kappa shape index (κ2) is 12.4. The molecule has 10 heteroatoms. The Kier molecular flexibility index (Phi) is 11.5. The molecule has 1 fully saturated rings. The lowest BCUT2D eigenvalue weighted by atomic mass is 10.1. The standard InChI is InChI=1S/C9H8O4.C4H10N2.C3H5ClO2S/c1-5-2-3-6(8(10)11)4-7(5)9(12)13;1-2-6-4-3-5-1;1-2-3-7(4,5)6/h2-4H,1H3,(H,10,11)(H,12,13);5-6H,1-4H2;2H,1,3H2. The van der Waals surface area contributed by atoms with Gasteiger partial charge in [0.25, 0.3) is 0 Å². The van der Waals surface area contributed by atoms with E-state index in [-0.39, 0.29) is 16.9 Å². The number of benzene rings is 1. The van der Waals surface area contributed by atoms with E-state index in [2.05, 4.69) is 17.2 Å². The summed E-state index contributed by atoms with van der Waals surface area (Å²) in [5.41, 5.74) is 0.570. The fourth-order valence-corrected chi connectivity index (χ4v) is 2.28. The van der Waals surface area contributed by atoms with E-state index in [9.17, 15) is 18.0 Å². The molecule has 1 heterocycles. The van der Waals surface area contributed by atoms with Crippen LogP contribution in [0.15, 0.2) is 30.9 Å². The average molecular weight is 407 g/mol. The van der Waals surface area contributed by atoms with Crippen LogP contribution in [0.25, 0.3) is 0 Å². The lowest BCUT2D eigenvalue weighted by Crippen LogP contribution is -2.39. The first-order valence-corrected chi connectivity index (χ1v) is 10.1. The van der Waals surface area contributed by atoms with Crippen molar-refractivity contribution in [3.05, 3.63) is 47.5 Å². The van der Waals surface area contributed by atoms with E-state index in [1.54, 1.807) is 6.92 Å². The van der Waals surface area contributed by atoms with Crippen LogP contribution >= 0.6 is 10.7 Å². The van der Waals surface area contributed by atoms with Crippen LogP contribution in [0.5, 0.6) is 0 Å². The quantitative estimate of drug-likeness (QED) is 0.434. The van der Waals surface area contributed by atoms with Crippen molar-refractivity contribution in [1.29, 1.82) is 0 Å². The second-order valence-corrected chi connectivity index (χ2v) is 7.96. The SMILES string of the molecule is C1CNCCN1.C=CCS(=O)(=O)Cl.Cc1ccc(C(=O)O)cc1C(=O)O. The first kappa shape index (κ1) is 24.1. The van der Waals surface area contributed by atoms with Gasteiger partial charge in [-0.2, -0.15) is 0 Å². The fourth-order valence-electron chi connectivity index (χ4n) is 1.73. The van der Waals surface area contributed by atoms with Crippen molar-refractivity contribution >= 4 is 31.7 Å². The van der Waals surface area contributed by atoms with Crippen LogP contribution in [0.1, 0.15) is 26.3 Å². The smallest absolute Gasteiger partial charge is 0.335 e. The third-order valence-corrected chi connectivity index (χ3v) is 4.00. The Balaban J connectivity index is 0.000000404. The van der Waals surface area contributed by atoms with Gasteiger partial charge in [0.2, 0.25) is 9.05 Å². The Labute approximate surface area is 157 Å². The molecule has 146 valence electrons. The Hall–Kier alpha value is -1.94. The van der Waals surface area contributed by atoms with Crippen LogP contribution in [0.4, 0.5) is 0 Å². The summed E-state index contributed by atoms with van der Waals surface area (Å²) in [5.74, 6) is -2.39. The Bertz CT molecular complexity index is 706. The maximum absolute atomic E-state index is 10.6. The zero-order valence-corrected chi connectivity index (χ0v) is 15.9. The van der Waals surface area contributed by atoms with Crippen molar-refractivity contribution in [3.8, 4) is 0 Å². The van der Waals surface area contributed by atoms with E-state index in [0.29, 0.717) is 5.56 Å². The molecule has 1 aromatic carbocycles. The number of nitrogens with one attached hydrogen (secondary N) is 2. The van der Waals surface area contributed by atoms with Crippen molar-refractivity contribution in [2.75, 3.05) is 31.9 Å². The van der Waals surface area contributed by atoms with E-state index < -0.39 is 21.0 Å². The predicted octanol–water partition coefficient (Wildman–Crippen LogP) is 1.31. The van der Waals surface area contributed by atoms with E-state index in [1.165, 1.54) is 18.2 Å².